The number of aliphatic hydroxyl groups is 1. The van der Waals surface area contributed by atoms with E-state index in [-0.39, 0.29) is 12.5 Å². The number of benzene rings is 2. The molecule has 1 aliphatic rings. The minimum absolute atomic E-state index is 0.0253. The standard InChI is InChI=1S/C35H56N4O3/c1-29(2)37-27-33(41)28-42-35-20-12-11-19-34(35)31(16-14-21-36-30(3)40)15-8-5-4-6-13-22-38-23-25-39(26-24-38)32-17-9-7-10-18-32/h7,9-12,17-20,29,31,33,37,41H,4-6,8,13-16,21-28H2,1-3H3,(H,36,40). The second kappa shape index (κ2) is 19.6. The first kappa shape index (κ1) is 33.9. The van der Waals surface area contributed by atoms with Crippen LogP contribution in [0.2, 0.25) is 0 Å². The van der Waals surface area contributed by atoms with E-state index >= 15 is 0 Å². The maximum atomic E-state index is 11.4. The molecule has 3 N–H and O–H groups in total. The van der Waals surface area contributed by atoms with Gasteiger partial charge in [-0.05, 0) is 61.9 Å². The van der Waals surface area contributed by atoms with Gasteiger partial charge in [0, 0.05) is 57.9 Å². The molecule has 7 nitrogen and oxygen atoms in total. The quantitative estimate of drug-likeness (QED) is 0.177. The van der Waals surface area contributed by atoms with Gasteiger partial charge in [0.2, 0.25) is 5.91 Å². The number of hydrogen-bond acceptors (Lipinski definition) is 6. The molecule has 1 saturated heterocycles. The average Bonchev–Trinajstić information content (AvgIpc) is 3.00. The van der Waals surface area contributed by atoms with Gasteiger partial charge in [-0.3, -0.25) is 9.69 Å². The smallest absolute Gasteiger partial charge is 0.216 e. The number of carbonyl (C=O) groups excluding carboxylic acids is 1. The van der Waals surface area contributed by atoms with Gasteiger partial charge in [0.25, 0.3) is 0 Å². The fraction of sp³-hybridized carbons (Fsp3) is 0.629. The van der Waals surface area contributed by atoms with Crippen molar-refractivity contribution >= 4 is 11.6 Å². The molecule has 0 radical (unpaired) electrons. The first-order valence-corrected chi connectivity index (χ1v) is 16.3. The van der Waals surface area contributed by atoms with Crippen molar-refractivity contribution in [2.24, 2.45) is 0 Å². The van der Waals surface area contributed by atoms with Gasteiger partial charge in [-0.2, -0.15) is 0 Å². The van der Waals surface area contributed by atoms with Crippen molar-refractivity contribution in [3.8, 4) is 5.75 Å². The zero-order valence-electron chi connectivity index (χ0n) is 26.4. The topological polar surface area (TPSA) is 77.1 Å². The number of ether oxygens (including phenoxy) is 1. The van der Waals surface area contributed by atoms with Gasteiger partial charge >= 0.3 is 0 Å². The van der Waals surface area contributed by atoms with E-state index in [1.54, 1.807) is 6.92 Å². The van der Waals surface area contributed by atoms with Crippen molar-refractivity contribution in [3.05, 3.63) is 60.2 Å². The number of nitrogens with one attached hydrogen (secondary N) is 2. The molecule has 0 saturated carbocycles. The molecule has 3 rings (SSSR count). The van der Waals surface area contributed by atoms with Gasteiger partial charge in [-0.1, -0.05) is 75.9 Å². The van der Waals surface area contributed by atoms with Crippen LogP contribution in [0.15, 0.2) is 54.6 Å². The minimum Gasteiger partial charge on any atom is -0.491 e. The Bertz CT molecular complexity index is 995. The monoisotopic (exact) mass is 580 g/mol. The van der Waals surface area contributed by atoms with Crippen LogP contribution in [-0.4, -0.2) is 80.5 Å². The second-order valence-electron chi connectivity index (χ2n) is 12.1. The molecule has 1 amide bonds. The number of nitrogens with zero attached hydrogens (tertiary/aromatic N) is 2. The Morgan fingerprint density at radius 3 is 2.29 bits per heavy atom. The Morgan fingerprint density at radius 1 is 0.881 bits per heavy atom. The van der Waals surface area contributed by atoms with E-state index in [9.17, 15) is 9.90 Å². The molecular formula is C35H56N4O3. The van der Waals surface area contributed by atoms with E-state index in [2.05, 4.69) is 76.7 Å². The lowest BCUT2D eigenvalue weighted by Gasteiger charge is -2.36. The van der Waals surface area contributed by atoms with Crippen molar-refractivity contribution in [2.45, 2.75) is 90.2 Å². The van der Waals surface area contributed by atoms with Crippen LogP contribution in [-0.2, 0) is 4.79 Å². The number of rotatable bonds is 20. The summed E-state index contributed by atoms with van der Waals surface area (Å²) in [6.45, 7) is 13.0. The molecule has 1 aliphatic heterocycles. The third-order valence-electron chi connectivity index (χ3n) is 8.18. The van der Waals surface area contributed by atoms with E-state index in [0.29, 0.717) is 25.0 Å². The minimum atomic E-state index is -0.550. The van der Waals surface area contributed by atoms with Gasteiger partial charge in [-0.15, -0.1) is 0 Å². The molecule has 2 atom stereocenters. The number of piperazine rings is 1. The number of para-hydroxylation sites is 2. The number of amides is 1. The number of unbranched alkanes of at least 4 members (excludes halogenated alkanes) is 4. The average molecular weight is 581 g/mol. The highest BCUT2D eigenvalue weighted by atomic mass is 16.5. The summed E-state index contributed by atoms with van der Waals surface area (Å²) in [4.78, 5) is 16.5. The van der Waals surface area contributed by atoms with Crippen molar-refractivity contribution in [1.29, 1.82) is 0 Å². The Hall–Kier alpha value is -2.61. The maximum Gasteiger partial charge on any atom is 0.216 e. The normalized spacial score (nSPS) is 15.5. The largest absolute Gasteiger partial charge is 0.491 e. The fourth-order valence-corrected chi connectivity index (χ4v) is 5.76. The summed E-state index contributed by atoms with van der Waals surface area (Å²) in [7, 11) is 0. The third kappa shape index (κ3) is 13.1. The zero-order chi connectivity index (χ0) is 30.0. The van der Waals surface area contributed by atoms with Crippen molar-refractivity contribution < 1.29 is 14.6 Å². The summed E-state index contributed by atoms with van der Waals surface area (Å²) >= 11 is 0. The predicted molar refractivity (Wildman–Crippen MR) is 175 cm³/mol. The maximum absolute atomic E-state index is 11.4. The van der Waals surface area contributed by atoms with Gasteiger partial charge in [0.1, 0.15) is 18.5 Å². The Labute approximate surface area is 255 Å². The number of anilines is 1. The molecule has 0 bridgehead atoms. The lowest BCUT2D eigenvalue weighted by Crippen LogP contribution is -2.46. The van der Waals surface area contributed by atoms with Gasteiger partial charge in [-0.25, -0.2) is 0 Å². The SMILES string of the molecule is CC(=O)NCCCC(CCCCCCCN1CCN(c2ccccc2)CC1)c1ccccc1OCC(O)CNC(C)C. The second-order valence-corrected chi connectivity index (χ2v) is 12.1. The number of hydrogen-bond donors (Lipinski definition) is 3. The van der Waals surface area contributed by atoms with E-state index in [1.165, 1.54) is 49.9 Å². The lowest BCUT2D eigenvalue weighted by molar-refractivity contribution is -0.118. The summed E-state index contributed by atoms with van der Waals surface area (Å²) in [5.41, 5.74) is 2.57. The molecule has 0 aromatic heterocycles. The fourth-order valence-electron chi connectivity index (χ4n) is 5.76. The lowest BCUT2D eigenvalue weighted by atomic mass is 9.88. The number of aliphatic hydroxyl groups excluding tert-OH is 1. The highest BCUT2D eigenvalue weighted by Gasteiger charge is 2.18. The van der Waals surface area contributed by atoms with E-state index in [4.69, 9.17) is 4.74 Å². The summed E-state index contributed by atoms with van der Waals surface area (Å²) in [5.74, 6) is 1.28. The third-order valence-corrected chi connectivity index (χ3v) is 8.18. The number of carbonyl (C=O) groups is 1. The molecule has 2 unspecified atom stereocenters. The van der Waals surface area contributed by atoms with Gasteiger partial charge < -0.3 is 25.4 Å². The van der Waals surface area contributed by atoms with E-state index in [0.717, 1.165) is 51.2 Å². The summed E-state index contributed by atoms with van der Waals surface area (Å²) in [5, 5.41) is 16.6. The van der Waals surface area contributed by atoms with Gasteiger partial charge in [0.05, 0.1) is 0 Å². The molecule has 234 valence electrons. The molecule has 2 aromatic carbocycles. The van der Waals surface area contributed by atoms with Crippen LogP contribution >= 0.6 is 0 Å². The van der Waals surface area contributed by atoms with Crippen LogP contribution in [0.25, 0.3) is 0 Å². The van der Waals surface area contributed by atoms with Crippen molar-refractivity contribution in [1.82, 2.24) is 15.5 Å². The zero-order valence-corrected chi connectivity index (χ0v) is 26.4. The van der Waals surface area contributed by atoms with E-state index < -0.39 is 6.10 Å². The Balaban J connectivity index is 1.39. The van der Waals surface area contributed by atoms with Crippen LogP contribution in [0.5, 0.6) is 5.75 Å². The first-order valence-electron chi connectivity index (χ1n) is 16.3. The van der Waals surface area contributed by atoms with E-state index in [1.807, 2.05) is 12.1 Å². The van der Waals surface area contributed by atoms with Crippen LogP contribution in [0.3, 0.4) is 0 Å². The highest BCUT2D eigenvalue weighted by Crippen LogP contribution is 2.34. The van der Waals surface area contributed by atoms with Crippen LogP contribution in [0, 0.1) is 0 Å². The van der Waals surface area contributed by atoms with Gasteiger partial charge in [0.15, 0.2) is 0 Å². The molecule has 2 aromatic rings. The van der Waals surface area contributed by atoms with Crippen LogP contribution in [0.4, 0.5) is 5.69 Å². The first-order chi connectivity index (χ1) is 20.4. The molecule has 7 heteroatoms. The van der Waals surface area contributed by atoms with Crippen molar-refractivity contribution in [2.75, 3.05) is 57.3 Å². The van der Waals surface area contributed by atoms with Crippen molar-refractivity contribution in [3.63, 3.8) is 0 Å². The Kier molecular flexibility index (Phi) is 15.8. The summed E-state index contributed by atoms with van der Waals surface area (Å²) < 4.78 is 6.14. The highest BCUT2D eigenvalue weighted by molar-refractivity contribution is 5.72. The Morgan fingerprint density at radius 2 is 1.55 bits per heavy atom. The molecule has 0 aliphatic carbocycles. The molecule has 0 spiro atoms. The predicted octanol–water partition coefficient (Wildman–Crippen LogP) is 5.59. The summed E-state index contributed by atoms with van der Waals surface area (Å²) in [6, 6.07) is 19.4. The molecule has 42 heavy (non-hydrogen) atoms. The summed E-state index contributed by atoms with van der Waals surface area (Å²) in [6.07, 6.45) is 8.78. The van der Waals surface area contributed by atoms with Crippen LogP contribution < -0.4 is 20.3 Å². The van der Waals surface area contributed by atoms with Crippen LogP contribution in [0.1, 0.15) is 83.6 Å². The molecule has 1 heterocycles. The molecular weight excluding hydrogens is 524 g/mol. The molecule has 1 fully saturated rings.